The standard InChI is InChI=1S/C16H21NO3/c18-14(19)2-1-13-9-17-15(20-13)16-6-10-3-11(7-16)5-12(4-10)8-16/h9-12H,1-8H2,(H,18,19). The van der Waals surface area contributed by atoms with Crippen molar-refractivity contribution in [2.24, 2.45) is 17.8 Å². The van der Waals surface area contributed by atoms with Crippen molar-refractivity contribution in [2.75, 3.05) is 0 Å². The van der Waals surface area contributed by atoms with Crippen LogP contribution in [0.2, 0.25) is 0 Å². The summed E-state index contributed by atoms with van der Waals surface area (Å²) in [5.74, 6) is 3.47. The fraction of sp³-hybridized carbons (Fsp3) is 0.750. The number of aliphatic carboxylic acids is 1. The first-order valence-corrected chi connectivity index (χ1v) is 7.80. The summed E-state index contributed by atoms with van der Waals surface area (Å²) in [6.45, 7) is 0. The molecule has 1 heterocycles. The van der Waals surface area contributed by atoms with Crippen molar-refractivity contribution in [3.05, 3.63) is 17.8 Å². The fourth-order valence-corrected chi connectivity index (χ4v) is 5.27. The van der Waals surface area contributed by atoms with E-state index in [0.29, 0.717) is 6.42 Å². The lowest BCUT2D eigenvalue weighted by molar-refractivity contribution is -0.137. The number of carbonyl (C=O) groups is 1. The maximum absolute atomic E-state index is 10.6. The van der Waals surface area contributed by atoms with Gasteiger partial charge in [0, 0.05) is 11.8 Å². The molecule has 4 saturated carbocycles. The molecule has 4 bridgehead atoms. The second-order valence-corrected chi connectivity index (χ2v) is 7.22. The highest BCUT2D eigenvalue weighted by molar-refractivity contribution is 5.66. The predicted molar refractivity (Wildman–Crippen MR) is 72.3 cm³/mol. The molecule has 0 saturated heterocycles. The molecule has 5 rings (SSSR count). The maximum atomic E-state index is 10.6. The first kappa shape index (κ1) is 12.4. The predicted octanol–water partition coefficient (Wildman–Crippen LogP) is 3.16. The van der Waals surface area contributed by atoms with Crippen LogP contribution in [-0.4, -0.2) is 16.1 Å². The molecule has 20 heavy (non-hydrogen) atoms. The number of hydrogen-bond acceptors (Lipinski definition) is 3. The van der Waals surface area contributed by atoms with E-state index in [1.165, 1.54) is 38.5 Å². The van der Waals surface area contributed by atoms with Gasteiger partial charge in [0.1, 0.15) is 5.76 Å². The molecule has 1 aromatic rings. The van der Waals surface area contributed by atoms with Crippen molar-refractivity contribution < 1.29 is 14.3 Å². The van der Waals surface area contributed by atoms with Crippen LogP contribution in [0.1, 0.15) is 56.6 Å². The Morgan fingerprint density at radius 3 is 2.40 bits per heavy atom. The second kappa shape index (κ2) is 4.34. The maximum Gasteiger partial charge on any atom is 0.303 e. The number of aromatic nitrogens is 1. The molecule has 0 radical (unpaired) electrons. The average Bonchev–Trinajstić information content (AvgIpc) is 2.84. The fourth-order valence-electron chi connectivity index (χ4n) is 5.27. The Bertz CT molecular complexity index is 498. The average molecular weight is 275 g/mol. The lowest BCUT2D eigenvalue weighted by atomic mass is 9.49. The topological polar surface area (TPSA) is 63.3 Å². The van der Waals surface area contributed by atoms with E-state index in [2.05, 4.69) is 4.98 Å². The third kappa shape index (κ3) is 1.97. The van der Waals surface area contributed by atoms with E-state index in [1.807, 2.05) is 0 Å². The second-order valence-electron chi connectivity index (χ2n) is 7.22. The SMILES string of the molecule is O=C(O)CCc1cnc(C23CC4CC(CC(C4)C2)C3)o1. The van der Waals surface area contributed by atoms with Crippen molar-refractivity contribution in [1.29, 1.82) is 0 Å². The van der Waals surface area contributed by atoms with E-state index in [0.717, 1.165) is 29.4 Å². The summed E-state index contributed by atoms with van der Waals surface area (Å²) in [6, 6.07) is 0. The van der Waals surface area contributed by atoms with E-state index >= 15 is 0 Å². The molecule has 0 amide bonds. The molecule has 4 heteroatoms. The van der Waals surface area contributed by atoms with Gasteiger partial charge in [-0.1, -0.05) is 0 Å². The summed E-state index contributed by atoms with van der Waals surface area (Å²) in [5, 5.41) is 8.75. The normalized spacial score (nSPS) is 38.3. The van der Waals surface area contributed by atoms with Crippen LogP contribution in [0.15, 0.2) is 10.6 Å². The summed E-state index contributed by atoms with van der Waals surface area (Å²) in [4.78, 5) is 15.2. The van der Waals surface area contributed by atoms with E-state index in [1.54, 1.807) is 6.20 Å². The molecule has 0 spiro atoms. The molecule has 0 unspecified atom stereocenters. The summed E-state index contributed by atoms with van der Waals surface area (Å²) in [6.07, 6.45) is 10.2. The number of nitrogens with zero attached hydrogens (tertiary/aromatic N) is 1. The van der Waals surface area contributed by atoms with Gasteiger partial charge in [-0.3, -0.25) is 4.79 Å². The first-order chi connectivity index (χ1) is 9.63. The van der Waals surface area contributed by atoms with Gasteiger partial charge < -0.3 is 9.52 Å². The van der Waals surface area contributed by atoms with Crippen LogP contribution >= 0.6 is 0 Å². The van der Waals surface area contributed by atoms with Crippen LogP contribution in [0.5, 0.6) is 0 Å². The van der Waals surface area contributed by atoms with Gasteiger partial charge in [0.15, 0.2) is 0 Å². The smallest absolute Gasteiger partial charge is 0.303 e. The monoisotopic (exact) mass is 275 g/mol. The van der Waals surface area contributed by atoms with Crippen molar-refractivity contribution in [2.45, 2.75) is 56.8 Å². The molecule has 0 aromatic carbocycles. The molecule has 0 aliphatic heterocycles. The third-order valence-electron chi connectivity index (χ3n) is 5.63. The van der Waals surface area contributed by atoms with Crippen molar-refractivity contribution in [3.63, 3.8) is 0 Å². The Morgan fingerprint density at radius 2 is 1.85 bits per heavy atom. The van der Waals surface area contributed by atoms with Crippen molar-refractivity contribution in [1.82, 2.24) is 4.98 Å². The highest BCUT2D eigenvalue weighted by Crippen LogP contribution is 2.60. The summed E-state index contributed by atoms with van der Waals surface area (Å²) >= 11 is 0. The zero-order valence-electron chi connectivity index (χ0n) is 11.7. The van der Waals surface area contributed by atoms with Gasteiger partial charge >= 0.3 is 5.97 Å². The Kier molecular flexibility index (Phi) is 2.69. The largest absolute Gasteiger partial charge is 0.481 e. The van der Waals surface area contributed by atoms with Gasteiger partial charge in [-0.2, -0.15) is 0 Å². The van der Waals surface area contributed by atoms with Crippen molar-refractivity contribution >= 4 is 5.97 Å². The van der Waals surface area contributed by atoms with Gasteiger partial charge in [-0.15, -0.1) is 0 Å². The molecular weight excluding hydrogens is 254 g/mol. The third-order valence-corrected chi connectivity index (χ3v) is 5.63. The van der Waals surface area contributed by atoms with E-state index in [4.69, 9.17) is 9.52 Å². The Labute approximate surface area is 118 Å². The van der Waals surface area contributed by atoms with Gasteiger partial charge in [-0.05, 0) is 56.3 Å². The zero-order chi connectivity index (χ0) is 13.7. The minimum absolute atomic E-state index is 0.121. The van der Waals surface area contributed by atoms with E-state index < -0.39 is 5.97 Å². The number of carboxylic acid groups (broad SMARTS) is 1. The quantitative estimate of drug-likeness (QED) is 0.916. The molecule has 0 atom stereocenters. The Balaban J connectivity index is 1.56. The summed E-state index contributed by atoms with van der Waals surface area (Å²) < 4.78 is 5.94. The minimum Gasteiger partial charge on any atom is -0.481 e. The van der Waals surface area contributed by atoms with Gasteiger partial charge in [-0.25, -0.2) is 4.98 Å². The minimum atomic E-state index is -0.780. The lowest BCUT2D eigenvalue weighted by Crippen LogP contribution is -2.48. The highest BCUT2D eigenvalue weighted by atomic mass is 16.4. The zero-order valence-corrected chi connectivity index (χ0v) is 11.7. The molecule has 1 N–H and O–H groups in total. The summed E-state index contributed by atoms with van der Waals surface area (Å²) in [5.41, 5.74) is 0.177. The number of rotatable bonds is 4. The van der Waals surface area contributed by atoms with Crippen LogP contribution in [0, 0.1) is 17.8 Å². The Morgan fingerprint density at radius 1 is 1.25 bits per heavy atom. The first-order valence-electron chi connectivity index (χ1n) is 7.80. The molecule has 4 fully saturated rings. The lowest BCUT2D eigenvalue weighted by Gasteiger charge is -2.55. The number of aryl methyl sites for hydroxylation is 1. The van der Waals surface area contributed by atoms with Crippen LogP contribution < -0.4 is 0 Å². The molecule has 4 aliphatic rings. The number of oxazole rings is 1. The van der Waals surface area contributed by atoms with Gasteiger partial charge in [0.25, 0.3) is 0 Å². The molecule has 4 aliphatic carbocycles. The molecule has 1 aromatic heterocycles. The van der Waals surface area contributed by atoms with Crippen LogP contribution in [-0.2, 0) is 16.6 Å². The van der Waals surface area contributed by atoms with E-state index in [-0.39, 0.29) is 11.8 Å². The summed E-state index contributed by atoms with van der Waals surface area (Å²) in [7, 11) is 0. The van der Waals surface area contributed by atoms with Gasteiger partial charge in [0.05, 0.1) is 12.6 Å². The molecular formula is C16H21NO3. The van der Waals surface area contributed by atoms with Crippen LogP contribution in [0.25, 0.3) is 0 Å². The van der Waals surface area contributed by atoms with Gasteiger partial charge in [0.2, 0.25) is 5.89 Å². The number of hydrogen-bond donors (Lipinski definition) is 1. The van der Waals surface area contributed by atoms with Crippen LogP contribution in [0.4, 0.5) is 0 Å². The highest BCUT2D eigenvalue weighted by Gasteiger charge is 2.53. The molecule has 108 valence electrons. The molecule has 4 nitrogen and oxygen atoms in total. The number of carboxylic acids is 1. The van der Waals surface area contributed by atoms with Crippen molar-refractivity contribution in [3.8, 4) is 0 Å². The Hall–Kier alpha value is -1.32. The van der Waals surface area contributed by atoms with E-state index in [9.17, 15) is 4.79 Å². The van der Waals surface area contributed by atoms with Crippen LogP contribution in [0.3, 0.4) is 0 Å².